The summed E-state index contributed by atoms with van der Waals surface area (Å²) in [6.45, 7) is 4.23. The Balaban J connectivity index is 2.38. The average Bonchev–Trinajstić information content (AvgIpc) is 2.68. The maximum atomic E-state index is 12.1. The van der Waals surface area contributed by atoms with E-state index in [1.807, 2.05) is 0 Å². The molecule has 0 bridgehead atoms. The predicted octanol–water partition coefficient (Wildman–Crippen LogP) is 1.11. The van der Waals surface area contributed by atoms with Crippen molar-refractivity contribution in [3.05, 3.63) is 11.8 Å². The van der Waals surface area contributed by atoms with Crippen LogP contribution in [0.4, 0.5) is 0 Å². The molecule has 32 heavy (non-hydrogen) atoms. The van der Waals surface area contributed by atoms with Crippen molar-refractivity contribution < 1.29 is 52.4 Å². The van der Waals surface area contributed by atoms with Crippen molar-refractivity contribution in [3.63, 3.8) is 0 Å². The molecule has 0 aromatic heterocycles. The fourth-order valence-electron chi connectivity index (χ4n) is 3.47. The summed E-state index contributed by atoms with van der Waals surface area (Å²) >= 11 is 0. The number of hydrogen-bond acceptors (Lipinski definition) is 11. The van der Waals surface area contributed by atoms with Crippen molar-refractivity contribution in [3.8, 4) is 0 Å². The maximum absolute atomic E-state index is 12.1. The summed E-state index contributed by atoms with van der Waals surface area (Å²) in [6, 6.07) is 0. The minimum absolute atomic E-state index is 0.0677. The Kier molecular flexibility index (Phi) is 9.18. The first-order valence-electron chi connectivity index (χ1n) is 10.3. The zero-order valence-corrected chi connectivity index (χ0v) is 18.5. The minimum Gasteiger partial charge on any atom is -0.468 e. The Morgan fingerprint density at radius 3 is 1.97 bits per heavy atom. The number of ketones is 1. The van der Waals surface area contributed by atoms with Gasteiger partial charge in [0.1, 0.15) is 12.7 Å². The number of carbonyl (C=O) groups excluding carboxylic acids is 5. The molecule has 178 valence electrons. The van der Waals surface area contributed by atoms with E-state index in [2.05, 4.69) is 0 Å². The summed E-state index contributed by atoms with van der Waals surface area (Å²) in [5.41, 5.74) is 0.448. The van der Waals surface area contributed by atoms with Gasteiger partial charge >= 0.3 is 23.9 Å². The molecule has 1 saturated heterocycles. The van der Waals surface area contributed by atoms with Gasteiger partial charge in [-0.05, 0) is 19.3 Å². The van der Waals surface area contributed by atoms with Crippen LogP contribution in [0.5, 0.6) is 0 Å². The smallest absolute Gasteiger partial charge is 0.303 e. The number of hydrogen-bond donors (Lipinski definition) is 0. The van der Waals surface area contributed by atoms with Gasteiger partial charge in [-0.3, -0.25) is 24.0 Å². The van der Waals surface area contributed by atoms with Gasteiger partial charge in [0.2, 0.25) is 12.4 Å². The molecule has 1 saturated carbocycles. The summed E-state index contributed by atoms with van der Waals surface area (Å²) in [5, 5.41) is 0. The van der Waals surface area contributed by atoms with E-state index in [1.165, 1.54) is 13.2 Å². The molecule has 1 aliphatic carbocycles. The van der Waals surface area contributed by atoms with Gasteiger partial charge < -0.3 is 28.4 Å². The molecule has 0 aromatic carbocycles. The van der Waals surface area contributed by atoms with Crippen molar-refractivity contribution in [1.29, 1.82) is 0 Å². The SMILES string of the molecule is CC(=O)OC[C@H]1O[C@@H](O/C=C2\CCCCC2=O)[C@H](OC(C)=O)[C@@H](OC(C)=O)[C@@H]1OC(C)=O. The van der Waals surface area contributed by atoms with Crippen LogP contribution in [0.2, 0.25) is 0 Å². The minimum atomic E-state index is -1.34. The van der Waals surface area contributed by atoms with Gasteiger partial charge in [-0.15, -0.1) is 0 Å². The second-order valence-electron chi connectivity index (χ2n) is 7.48. The number of esters is 4. The second kappa shape index (κ2) is 11.6. The van der Waals surface area contributed by atoms with Gasteiger partial charge in [0, 0.05) is 39.7 Å². The highest BCUT2D eigenvalue weighted by atomic mass is 16.7. The Hall–Kier alpha value is -2.95. The van der Waals surface area contributed by atoms with E-state index in [0.717, 1.165) is 33.6 Å². The van der Waals surface area contributed by atoms with Crippen molar-refractivity contribution in [1.82, 2.24) is 0 Å². The number of carbonyl (C=O) groups is 5. The normalized spacial score (nSPS) is 29.1. The molecule has 0 N–H and O–H groups in total. The van der Waals surface area contributed by atoms with Crippen LogP contribution in [-0.2, 0) is 52.4 Å². The van der Waals surface area contributed by atoms with E-state index in [4.69, 9.17) is 28.4 Å². The lowest BCUT2D eigenvalue weighted by molar-refractivity contribution is -0.297. The van der Waals surface area contributed by atoms with Crippen LogP contribution in [0.25, 0.3) is 0 Å². The van der Waals surface area contributed by atoms with Gasteiger partial charge in [-0.1, -0.05) is 0 Å². The third-order valence-corrected chi connectivity index (χ3v) is 4.75. The van der Waals surface area contributed by atoms with Gasteiger partial charge in [-0.2, -0.15) is 0 Å². The summed E-state index contributed by atoms with van der Waals surface area (Å²) in [5.74, 6) is -2.88. The number of allylic oxidation sites excluding steroid dienone is 1. The summed E-state index contributed by atoms with van der Waals surface area (Å²) in [6.07, 6.45) is -2.59. The lowest BCUT2D eigenvalue weighted by Crippen LogP contribution is -2.62. The lowest BCUT2D eigenvalue weighted by atomic mass is 9.94. The molecule has 11 nitrogen and oxygen atoms in total. The first-order valence-corrected chi connectivity index (χ1v) is 10.3. The van der Waals surface area contributed by atoms with Gasteiger partial charge in [-0.25, -0.2) is 0 Å². The number of rotatable bonds is 7. The van der Waals surface area contributed by atoms with Gasteiger partial charge in [0.25, 0.3) is 0 Å². The molecule has 1 aliphatic heterocycles. The molecular weight excluding hydrogens is 428 g/mol. The molecule has 1 heterocycles. The van der Waals surface area contributed by atoms with E-state index in [1.54, 1.807) is 0 Å². The molecule has 0 radical (unpaired) electrons. The van der Waals surface area contributed by atoms with Crippen molar-refractivity contribution >= 4 is 29.7 Å². The first kappa shape index (κ1) is 25.3. The van der Waals surface area contributed by atoms with E-state index < -0.39 is 54.6 Å². The first-order chi connectivity index (χ1) is 15.1. The largest absolute Gasteiger partial charge is 0.468 e. The third kappa shape index (κ3) is 7.33. The van der Waals surface area contributed by atoms with Gasteiger partial charge in [0.05, 0.1) is 6.26 Å². The monoisotopic (exact) mass is 456 g/mol. The molecule has 0 unspecified atom stereocenters. The molecule has 2 rings (SSSR count). The Labute approximate surface area is 185 Å². The molecule has 11 heteroatoms. The summed E-state index contributed by atoms with van der Waals surface area (Å²) in [4.78, 5) is 58.6. The van der Waals surface area contributed by atoms with Crippen LogP contribution in [0.3, 0.4) is 0 Å². The second-order valence-corrected chi connectivity index (χ2v) is 7.48. The van der Waals surface area contributed by atoms with Crippen LogP contribution < -0.4 is 0 Å². The topological polar surface area (TPSA) is 141 Å². The van der Waals surface area contributed by atoms with Crippen molar-refractivity contribution in [2.45, 2.75) is 84.1 Å². The average molecular weight is 456 g/mol. The highest BCUT2D eigenvalue weighted by molar-refractivity contribution is 5.95. The van der Waals surface area contributed by atoms with E-state index >= 15 is 0 Å². The molecular formula is C21H28O11. The Morgan fingerprint density at radius 1 is 0.844 bits per heavy atom. The third-order valence-electron chi connectivity index (χ3n) is 4.75. The van der Waals surface area contributed by atoms with E-state index in [9.17, 15) is 24.0 Å². The van der Waals surface area contributed by atoms with E-state index in [0.29, 0.717) is 18.4 Å². The molecule has 0 amide bonds. The zero-order valence-electron chi connectivity index (χ0n) is 18.5. The standard InChI is InChI=1S/C21H28O11/c1-11(22)27-10-17-18(29-12(2)23)19(30-13(3)24)20(31-14(4)25)21(32-17)28-9-15-7-5-6-8-16(15)26/h9,17-21H,5-8,10H2,1-4H3/b15-9+/t17-,18-,19+,20-,21-/m1/s1. The Bertz CT molecular complexity index is 772. The predicted molar refractivity (Wildman–Crippen MR) is 105 cm³/mol. The van der Waals surface area contributed by atoms with Crippen LogP contribution in [0.15, 0.2) is 11.8 Å². The Morgan fingerprint density at radius 2 is 1.41 bits per heavy atom. The number of Topliss-reactive ketones (excluding diaryl/α,β-unsaturated/α-hetero) is 1. The highest BCUT2D eigenvalue weighted by Gasteiger charge is 2.53. The van der Waals surface area contributed by atoms with Crippen molar-refractivity contribution in [2.75, 3.05) is 6.61 Å². The summed E-state index contributed by atoms with van der Waals surface area (Å²) < 4.78 is 32.3. The van der Waals surface area contributed by atoms with Crippen LogP contribution in [0, 0.1) is 0 Å². The molecule has 0 spiro atoms. The van der Waals surface area contributed by atoms with Gasteiger partial charge in [0.15, 0.2) is 18.0 Å². The van der Waals surface area contributed by atoms with Crippen LogP contribution >= 0.6 is 0 Å². The fourth-order valence-corrected chi connectivity index (χ4v) is 3.47. The lowest BCUT2D eigenvalue weighted by Gasteiger charge is -2.43. The maximum Gasteiger partial charge on any atom is 0.303 e. The fraction of sp³-hybridized carbons (Fsp3) is 0.667. The molecule has 2 fully saturated rings. The molecule has 5 atom stereocenters. The van der Waals surface area contributed by atoms with Crippen LogP contribution in [-0.4, -0.2) is 67.0 Å². The number of ether oxygens (including phenoxy) is 6. The summed E-state index contributed by atoms with van der Waals surface area (Å²) in [7, 11) is 0. The molecule has 0 aromatic rings. The molecule has 2 aliphatic rings. The van der Waals surface area contributed by atoms with Crippen LogP contribution in [0.1, 0.15) is 53.4 Å². The van der Waals surface area contributed by atoms with E-state index in [-0.39, 0.29) is 12.4 Å². The zero-order chi connectivity index (χ0) is 23.8. The quantitative estimate of drug-likeness (QED) is 0.235. The van der Waals surface area contributed by atoms with Crippen molar-refractivity contribution in [2.24, 2.45) is 0 Å². The highest BCUT2D eigenvalue weighted by Crippen LogP contribution is 2.31.